The van der Waals surface area contributed by atoms with Gasteiger partial charge in [0.15, 0.2) is 0 Å². The summed E-state index contributed by atoms with van der Waals surface area (Å²) in [5.74, 6) is -19.1. The van der Waals surface area contributed by atoms with Crippen molar-refractivity contribution in [2.24, 2.45) is 17.3 Å². The minimum atomic E-state index is -6.65. The van der Waals surface area contributed by atoms with Crippen molar-refractivity contribution in [3.63, 3.8) is 0 Å². The summed E-state index contributed by atoms with van der Waals surface area (Å²) < 4.78 is 132. The van der Waals surface area contributed by atoms with Gasteiger partial charge in [0.25, 0.3) is 0 Å². The summed E-state index contributed by atoms with van der Waals surface area (Å²) in [6, 6.07) is 0. The van der Waals surface area contributed by atoms with E-state index < -0.39 is 60.4 Å². The van der Waals surface area contributed by atoms with Crippen molar-refractivity contribution in [1.82, 2.24) is 0 Å². The molecular weight excluding hydrogens is 414 g/mol. The third-order valence-corrected chi connectivity index (χ3v) is 4.83. The highest BCUT2D eigenvalue weighted by atomic mass is 19.4. The fourth-order valence-electron chi connectivity index (χ4n) is 2.65. The molecule has 12 heteroatoms. The first-order chi connectivity index (χ1) is 12.3. The second kappa shape index (κ2) is 8.64. The van der Waals surface area contributed by atoms with Gasteiger partial charge >= 0.3 is 30.2 Å². The zero-order chi connectivity index (χ0) is 22.8. The average Bonchev–Trinajstić information content (AvgIpc) is 2.49. The van der Waals surface area contributed by atoms with Gasteiger partial charge in [0.05, 0.1) is 12.5 Å². The molecule has 0 rings (SSSR count). The number of esters is 1. The number of rotatable bonds is 9. The van der Waals surface area contributed by atoms with Crippen molar-refractivity contribution < 1.29 is 53.4 Å². The molecule has 0 amide bonds. The zero-order valence-corrected chi connectivity index (χ0v) is 15.6. The lowest BCUT2D eigenvalue weighted by Gasteiger charge is -2.35. The number of carbonyl (C=O) groups is 1. The van der Waals surface area contributed by atoms with E-state index in [0.29, 0.717) is 6.42 Å². The van der Waals surface area contributed by atoms with Crippen molar-refractivity contribution in [3.8, 4) is 0 Å². The van der Waals surface area contributed by atoms with Crippen LogP contribution in [0, 0.1) is 17.3 Å². The van der Waals surface area contributed by atoms with Crippen molar-refractivity contribution in [2.75, 3.05) is 6.61 Å². The smallest absolute Gasteiger partial charge is 0.453 e. The molecule has 0 N–H and O–H groups in total. The Morgan fingerprint density at radius 1 is 0.821 bits per heavy atom. The Bertz CT molecular complexity index is 496. The van der Waals surface area contributed by atoms with Crippen LogP contribution in [0.5, 0.6) is 0 Å². The third-order valence-electron chi connectivity index (χ3n) is 4.83. The number of hydrogen-bond acceptors (Lipinski definition) is 2. The minimum Gasteiger partial charge on any atom is -0.465 e. The van der Waals surface area contributed by atoms with Gasteiger partial charge < -0.3 is 4.74 Å². The summed E-state index contributed by atoms with van der Waals surface area (Å²) in [7, 11) is 0. The molecule has 0 bridgehead atoms. The maximum atomic E-state index is 13.4. The molecule has 0 saturated heterocycles. The zero-order valence-electron chi connectivity index (χ0n) is 15.6. The van der Waals surface area contributed by atoms with E-state index in [1.807, 2.05) is 0 Å². The van der Waals surface area contributed by atoms with Crippen LogP contribution in [-0.2, 0) is 9.53 Å². The van der Waals surface area contributed by atoms with E-state index in [0.717, 1.165) is 0 Å². The predicted octanol–water partition coefficient (Wildman–Crippen LogP) is 6.39. The molecule has 0 aliphatic rings. The molecule has 0 saturated carbocycles. The third kappa shape index (κ3) is 5.65. The lowest BCUT2D eigenvalue weighted by molar-refractivity contribution is -0.374. The summed E-state index contributed by atoms with van der Waals surface area (Å²) in [6.45, 7) is 5.10. The molecule has 0 radical (unpaired) electrons. The molecule has 0 spiro atoms. The van der Waals surface area contributed by atoms with E-state index in [4.69, 9.17) is 0 Å². The van der Waals surface area contributed by atoms with Gasteiger partial charge in [-0.1, -0.05) is 34.1 Å². The first-order valence-corrected chi connectivity index (χ1v) is 8.33. The number of ether oxygens (including phenoxy) is 1. The Hall–Kier alpha value is -1.23. The van der Waals surface area contributed by atoms with Gasteiger partial charge in [0.2, 0.25) is 0 Å². The summed E-state index contributed by atoms with van der Waals surface area (Å²) in [5.41, 5.74) is -0.670. The molecule has 1 atom stereocenters. The van der Waals surface area contributed by atoms with Gasteiger partial charge in [0.1, 0.15) is 5.92 Å². The maximum absolute atomic E-state index is 13.4. The van der Waals surface area contributed by atoms with Crippen molar-refractivity contribution in [1.29, 1.82) is 0 Å². The van der Waals surface area contributed by atoms with Gasteiger partial charge in [-0.05, 0) is 18.3 Å². The van der Waals surface area contributed by atoms with Crippen LogP contribution in [0.1, 0.15) is 47.0 Å². The standard InChI is InChI=1S/C16H22F10O2/c1-5-9(12(3,4)6-2)11(27)28-8-7-10(13(17,18)15(21,22)23)14(19,20)16(24,25)26/h9-10H,5-8H2,1-4H3. The fourth-order valence-corrected chi connectivity index (χ4v) is 2.65. The molecule has 168 valence electrons. The predicted molar refractivity (Wildman–Crippen MR) is 78.9 cm³/mol. The van der Waals surface area contributed by atoms with E-state index in [1.165, 1.54) is 0 Å². The summed E-state index contributed by atoms with van der Waals surface area (Å²) >= 11 is 0. The van der Waals surface area contributed by atoms with Gasteiger partial charge in [-0.25, -0.2) is 0 Å². The Morgan fingerprint density at radius 2 is 1.21 bits per heavy atom. The summed E-state index contributed by atoms with van der Waals surface area (Å²) in [4.78, 5) is 12.0. The molecule has 0 aromatic rings. The van der Waals surface area contributed by atoms with Gasteiger partial charge in [-0.2, -0.15) is 43.9 Å². The van der Waals surface area contributed by atoms with Gasteiger partial charge in [0, 0.05) is 0 Å². The molecule has 28 heavy (non-hydrogen) atoms. The second-order valence-electron chi connectivity index (χ2n) is 7.05. The monoisotopic (exact) mass is 436 g/mol. The number of halogens is 10. The van der Waals surface area contributed by atoms with Gasteiger partial charge in [-0.15, -0.1) is 0 Å². The highest BCUT2D eigenvalue weighted by Gasteiger charge is 2.75. The highest BCUT2D eigenvalue weighted by Crippen LogP contribution is 2.53. The largest absolute Gasteiger partial charge is 0.465 e. The minimum absolute atomic E-state index is 0.181. The van der Waals surface area contributed by atoms with Gasteiger partial charge in [-0.3, -0.25) is 4.79 Å². The average molecular weight is 436 g/mol. The van der Waals surface area contributed by atoms with Crippen LogP contribution in [0.4, 0.5) is 43.9 Å². The lowest BCUT2D eigenvalue weighted by Crippen LogP contribution is -2.56. The van der Waals surface area contributed by atoms with Crippen molar-refractivity contribution >= 4 is 5.97 Å². The Balaban J connectivity index is 5.55. The van der Waals surface area contributed by atoms with E-state index in [2.05, 4.69) is 4.74 Å². The van der Waals surface area contributed by atoms with Crippen LogP contribution >= 0.6 is 0 Å². The number of hydrogen-bond donors (Lipinski definition) is 0. The number of alkyl halides is 10. The summed E-state index contributed by atoms with van der Waals surface area (Å²) in [5, 5.41) is 0. The first-order valence-electron chi connectivity index (χ1n) is 8.33. The highest BCUT2D eigenvalue weighted by molar-refractivity contribution is 5.73. The van der Waals surface area contributed by atoms with Crippen molar-refractivity contribution in [3.05, 3.63) is 0 Å². The van der Waals surface area contributed by atoms with Crippen LogP contribution in [0.25, 0.3) is 0 Å². The molecule has 0 aliphatic carbocycles. The Kier molecular flexibility index (Phi) is 8.26. The molecule has 2 nitrogen and oxygen atoms in total. The molecule has 0 aromatic heterocycles. The molecule has 0 fully saturated rings. The topological polar surface area (TPSA) is 26.3 Å². The fraction of sp³-hybridized carbons (Fsp3) is 0.938. The quantitative estimate of drug-likeness (QED) is 0.309. The van der Waals surface area contributed by atoms with Crippen LogP contribution in [0.2, 0.25) is 0 Å². The van der Waals surface area contributed by atoms with E-state index >= 15 is 0 Å². The molecular formula is C16H22F10O2. The number of carbonyl (C=O) groups excluding carboxylic acids is 1. The van der Waals surface area contributed by atoms with Crippen LogP contribution in [0.3, 0.4) is 0 Å². The van der Waals surface area contributed by atoms with Crippen LogP contribution in [-0.4, -0.2) is 36.8 Å². The van der Waals surface area contributed by atoms with E-state index in [9.17, 15) is 48.7 Å². The second-order valence-corrected chi connectivity index (χ2v) is 7.05. The molecule has 0 heterocycles. The van der Waals surface area contributed by atoms with E-state index in [1.54, 1.807) is 27.7 Å². The maximum Gasteiger partial charge on any atom is 0.453 e. The molecule has 1 unspecified atom stereocenters. The van der Waals surface area contributed by atoms with E-state index in [-0.39, 0.29) is 6.42 Å². The SMILES string of the molecule is CCC(C(=O)OCCC(C(F)(F)C(F)(F)F)C(F)(F)C(F)(F)F)C(C)(C)CC. The lowest BCUT2D eigenvalue weighted by atomic mass is 9.75. The van der Waals surface area contributed by atoms with Crippen LogP contribution in [0.15, 0.2) is 0 Å². The summed E-state index contributed by atoms with van der Waals surface area (Å²) in [6.07, 6.45) is -14.7. The Morgan fingerprint density at radius 3 is 1.50 bits per heavy atom. The van der Waals surface area contributed by atoms with Crippen LogP contribution < -0.4 is 0 Å². The van der Waals surface area contributed by atoms with Crippen molar-refractivity contribution in [2.45, 2.75) is 71.2 Å². The normalized spacial score (nSPS) is 15.7. The molecule has 0 aromatic carbocycles. The first kappa shape index (κ1) is 26.8. The molecule has 0 aliphatic heterocycles. The Labute approximate surface area is 155 Å².